The molecular formula is C15H15BrN4O4S. The maximum Gasteiger partial charge on any atom is 0.286 e. The fraction of sp³-hybridized carbons (Fsp3) is 0.200. The van der Waals surface area contributed by atoms with Crippen molar-refractivity contribution in [2.45, 2.75) is 23.8 Å². The Morgan fingerprint density at radius 1 is 1.12 bits per heavy atom. The van der Waals surface area contributed by atoms with Crippen molar-refractivity contribution in [2.75, 3.05) is 0 Å². The van der Waals surface area contributed by atoms with E-state index in [9.17, 15) is 18.0 Å². The van der Waals surface area contributed by atoms with E-state index in [1.807, 2.05) is 0 Å². The van der Waals surface area contributed by atoms with Gasteiger partial charge in [0.15, 0.2) is 0 Å². The molecule has 1 saturated carbocycles. The molecule has 1 heterocycles. The summed E-state index contributed by atoms with van der Waals surface area (Å²) >= 11 is 3.20. The van der Waals surface area contributed by atoms with E-state index in [0.717, 1.165) is 12.8 Å². The number of hydrogen-bond acceptors (Lipinski definition) is 4. The Labute approximate surface area is 152 Å². The lowest BCUT2D eigenvalue weighted by atomic mass is 10.2. The first kappa shape index (κ1) is 17.6. The van der Waals surface area contributed by atoms with Crippen LogP contribution in [0.3, 0.4) is 0 Å². The van der Waals surface area contributed by atoms with Crippen LogP contribution in [0.25, 0.3) is 0 Å². The molecule has 0 aliphatic heterocycles. The monoisotopic (exact) mass is 426 g/mol. The molecule has 1 aliphatic rings. The van der Waals surface area contributed by atoms with Crippen molar-refractivity contribution in [1.82, 2.24) is 20.6 Å². The van der Waals surface area contributed by atoms with E-state index in [4.69, 9.17) is 0 Å². The van der Waals surface area contributed by atoms with Crippen molar-refractivity contribution in [2.24, 2.45) is 0 Å². The van der Waals surface area contributed by atoms with Gasteiger partial charge in [0.05, 0.1) is 4.90 Å². The van der Waals surface area contributed by atoms with Gasteiger partial charge in [0.1, 0.15) is 5.69 Å². The lowest BCUT2D eigenvalue weighted by Gasteiger charge is -2.09. The van der Waals surface area contributed by atoms with Crippen molar-refractivity contribution in [3.8, 4) is 0 Å². The number of carbonyl (C=O) groups is 2. The van der Waals surface area contributed by atoms with Crippen molar-refractivity contribution in [1.29, 1.82) is 0 Å². The first-order valence-corrected chi connectivity index (χ1v) is 9.70. The summed E-state index contributed by atoms with van der Waals surface area (Å²) in [6, 6.07) is 7.14. The number of hydrazine groups is 1. The molecule has 1 aliphatic carbocycles. The van der Waals surface area contributed by atoms with E-state index >= 15 is 0 Å². The van der Waals surface area contributed by atoms with E-state index in [-0.39, 0.29) is 22.2 Å². The summed E-state index contributed by atoms with van der Waals surface area (Å²) in [5.74, 6) is -1.15. The predicted molar refractivity (Wildman–Crippen MR) is 93.2 cm³/mol. The van der Waals surface area contributed by atoms with Gasteiger partial charge >= 0.3 is 0 Å². The van der Waals surface area contributed by atoms with Gasteiger partial charge in [0.2, 0.25) is 10.0 Å². The van der Waals surface area contributed by atoms with Crippen LogP contribution in [0.4, 0.5) is 0 Å². The highest BCUT2D eigenvalue weighted by atomic mass is 79.9. The summed E-state index contributed by atoms with van der Waals surface area (Å²) in [7, 11) is -3.65. The standard InChI is InChI=1S/C15H15BrN4O4S/c16-10-7-13(17-8-10)15(22)19-18-14(21)9-2-1-3-12(6-9)25(23,24)20-11-4-5-11/h1-3,6-8,11,17,20H,4-5H2,(H,18,21)(H,19,22). The fourth-order valence-electron chi connectivity index (χ4n) is 2.05. The fourth-order valence-corrected chi connectivity index (χ4v) is 3.74. The van der Waals surface area contributed by atoms with Crippen LogP contribution >= 0.6 is 15.9 Å². The van der Waals surface area contributed by atoms with Crippen molar-refractivity contribution >= 4 is 37.8 Å². The summed E-state index contributed by atoms with van der Waals surface area (Å²) in [6.45, 7) is 0. The van der Waals surface area contributed by atoms with Crippen LogP contribution in [0, 0.1) is 0 Å². The van der Waals surface area contributed by atoms with Crippen molar-refractivity contribution in [3.63, 3.8) is 0 Å². The SMILES string of the molecule is O=C(NNC(=O)c1cc(Br)c[nH]1)c1cccc(S(=O)(=O)NC2CC2)c1. The van der Waals surface area contributed by atoms with Crippen LogP contribution in [-0.4, -0.2) is 31.3 Å². The van der Waals surface area contributed by atoms with Gasteiger partial charge in [-0.1, -0.05) is 6.07 Å². The van der Waals surface area contributed by atoms with Gasteiger partial charge in [-0.25, -0.2) is 13.1 Å². The highest BCUT2D eigenvalue weighted by Gasteiger charge is 2.28. The topological polar surface area (TPSA) is 120 Å². The largest absolute Gasteiger partial charge is 0.356 e. The minimum absolute atomic E-state index is 0.00618. The molecule has 0 saturated heterocycles. The van der Waals surface area contributed by atoms with Crippen LogP contribution in [0.15, 0.2) is 45.9 Å². The zero-order valence-electron chi connectivity index (χ0n) is 12.9. The average molecular weight is 427 g/mol. The molecule has 25 heavy (non-hydrogen) atoms. The molecule has 0 spiro atoms. The third-order valence-corrected chi connectivity index (χ3v) is 5.46. The number of halogens is 1. The highest BCUT2D eigenvalue weighted by molar-refractivity contribution is 9.10. The molecule has 0 radical (unpaired) electrons. The molecule has 0 unspecified atom stereocenters. The van der Waals surface area contributed by atoms with Crippen LogP contribution in [0.2, 0.25) is 0 Å². The molecule has 0 bridgehead atoms. The van der Waals surface area contributed by atoms with Gasteiger partial charge < -0.3 is 4.98 Å². The lowest BCUT2D eigenvalue weighted by Crippen LogP contribution is -2.41. The molecular weight excluding hydrogens is 412 g/mol. The number of sulfonamides is 1. The highest BCUT2D eigenvalue weighted by Crippen LogP contribution is 2.22. The number of nitrogens with one attached hydrogen (secondary N) is 4. The molecule has 1 aromatic heterocycles. The molecule has 1 aromatic carbocycles. The summed E-state index contributed by atoms with van der Waals surface area (Å²) < 4.78 is 27.6. The van der Waals surface area contributed by atoms with Gasteiger partial charge in [-0.2, -0.15) is 0 Å². The maximum absolute atomic E-state index is 12.2. The number of H-pyrrole nitrogens is 1. The molecule has 4 N–H and O–H groups in total. The van der Waals surface area contributed by atoms with Crippen LogP contribution in [0.5, 0.6) is 0 Å². The number of carbonyl (C=O) groups excluding carboxylic acids is 2. The lowest BCUT2D eigenvalue weighted by molar-refractivity contribution is 0.0844. The minimum atomic E-state index is -3.65. The minimum Gasteiger partial charge on any atom is -0.356 e. The van der Waals surface area contributed by atoms with Crippen LogP contribution < -0.4 is 15.6 Å². The van der Waals surface area contributed by atoms with E-state index < -0.39 is 21.8 Å². The second-order valence-electron chi connectivity index (χ2n) is 5.56. The third-order valence-electron chi connectivity index (χ3n) is 3.49. The molecule has 8 nitrogen and oxygen atoms in total. The second-order valence-corrected chi connectivity index (χ2v) is 8.19. The van der Waals surface area contributed by atoms with Gasteiger partial charge in [-0.15, -0.1) is 0 Å². The van der Waals surface area contributed by atoms with Gasteiger partial charge in [0.25, 0.3) is 11.8 Å². The number of rotatable bonds is 5. The number of amides is 2. The van der Waals surface area contributed by atoms with E-state index in [1.54, 1.807) is 12.3 Å². The van der Waals surface area contributed by atoms with Crippen molar-refractivity contribution in [3.05, 3.63) is 52.3 Å². The average Bonchev–Trinajstić information content (AvgIpc) is 3.28. The third kappa shape index (κ3) is 4.47. The second kappa shape index (κ2) is 6.98. The molecule has 132 valence electrons. The van der Waals surface area contributed by atoms with Crippen LogP contribution in [-0.2, 0) is 10.0 Å². The Morgan fingerprint density at radius 3 is 2.48 bits per heavy atom. The number of aromatic amines is 1. The Kier molecular flexibility index (Phi) is 4.93. The Hall–Kier alpha value is -2.17. The maximum atomic E-state index is 12.2. The number of benzene rings is 1. The van der Waals surface area contributed by atoms with E-state index in [2.05, 4.69) is 36.5 Å². The number of hydrogen-bond donors (Lipinski definition) is 4. The van der Waals surface area contributed by atoms with Crippen LogP contribution in [0.1, 0.15) is 33.7 Å². The smallest absolute Gasteiger partial charge is 0.286 e. The summed E-state index contributed by atoms with van der Waals surface area (Å²) in [6.07, 6.45) is 3.22. The first-order valence-electron chi connectivity index (χ1n) is 7.42. The van der Waals surface area contributed by atoms with Gasteiger partial charge in [0, 0.05) is 22.3 Å². The summed E-state index contributed by atoms with van der Waals surface area (Å²) in [4.78, 5) is 26.7. The zero-order valence-corrected chi connectivity index (χ0v) is 15.3. The zero-order chi connectivity index (χ0) is 18.0. The summed E-state index contributed by atoms with van der Waals surface area (Å²) in [5.41, 5.74) is 4.88. The van der Waals surface area contributed by atoms with Crippen molar-refractivity contribution < 1.29 is 18.0 Å². The van der Waals surface area contributed by atoms with Gasteiger partial charge in [-0.05, 0) is 53.0 Å². The number of aromatic nitrogens is 1. The van der Waals surface area contributed by atoms with Gasteiger partial charge in [-0.3, -0.25) is 20.4 Å². The first-order chi connectivity index (χ1) is 11.8. The molecule has 1 fully saturated rings. The summed E-state index contributed by atoms with van der Waals surface area (Å²) in [5, 5.41) is 0. The van der Waals surface area contributed by atoms with E-state index in [1.165, 1.54) is 24.3 Å². The Morgan fingerprint density at radius 2 is 1.84 bits per heavy atom. The Balaban J connectivity index is 1.66. The molecule has 2 amide bonds. The Bertz CT molecular complexity index is 921. The molecule has 2 aromatic rings. The molecule has 10 heteroatoms. The predicted octanol–water partition coefficient (Wildman–Crippen LogP) is 1.29. The quantitative estimate of drug-likeness (QED) is 0.538. The molecule has 0 atom stereocenters. The molecule has 3 rings (SSSR count). The normalized spacial score (nSPS) is 14.1. The van der Waals surface area contributed by atoms with E-state index in [0.29, 0.717) is 4.47 Å².